The van der Waals surface area contributed by atoms with Crippen LogP contribution in [0.4, 0.5) is 0 Å². The molecule has 2 atom stereocenters. The molecule has 4 nitrogen and oxygen atoms in total. The Balaban J connectivity index is 1.81. The molecule has 2 heterocycles. The predicted octanol–water partition coefficient (Wildman–Crippen LogP) is 8.86. The van der Waals surface area contributed by atoms with E-state index >= 15 is 0 Å². The molecule has 0 aromatic rings. The summed E-state index contributed by atoms with van der Waals surface area (Å²) in [5.41, 5.74) is 1.28. The number of hydrogen-bond donors (Lipinski definition) is 0. The Hall–Kier alpha value is 1.24. The van der Waals surface area contributed by atoms with Gasteiger partial charge in [-0.25, -0.2) is 0 Å². The largest absolute Gasteiger partial charge is 0.379 e. The second-order valence-corrected chi connectivity index (χ2v) is 20.2. The van der Waals surface area contributed by atoms with Gasteiger partial charge < -0.3 is 9.47 Å². The second-order valence-electron chi connectivity index (χ2n) is 14.8. The van der Waals surface area contributed by atoms with Gasteiger partial charge in [0.15, 0.2) is 0 Å². The molecule has 0 amide bonds. The summed E-state index contributed by atoms with van der Waals surface area (Å²) in [5.74, 6) is 5.89. The lowest BCUT2D eigenvalue weighted by molar-refractivity contribution is 0.0409. The molecular weight excluding hydrogens is 573 g/mol. The van der Waals surface area contributed by atoms with Crippen molar-refractivity contribution in [2.45, 2.75) is 93.4 Å². The van der Waals surface area contributed by atoms with Gasteiger partial charge >= 0.3 is 0 Å². The molecule has 2 saturated heterocycles. The van der Waals surface area contributed by atoms with Gasteiger partial charge in [-0.3, -0.25) is 9.80 Å². The van der Waals surface area contributed by atoms with Crippen LogP contribution in [-0.2, 0) is 9.47 Å². The Kier molecular flexibility index (Phi) is 19.0. The number of morpholine rings is 2. The van der Waals surface area contributed by atoms with Crippen LogP contribution in [0, 0.1) is 22.2 Å². The van der Waals surface area contributed by atoms with Gasteiger partial charge in [-0.2, -0.15) is 0 Å². The maximum atomic E-state index is 5.50. The molecule has 8 heteroatoms. The summed E-state index contributed by atoms with van der Waals surface area (Å²) in [4.78, 5) is 5.12. The van der Waals surface area contributed by atoms with Crippen LogP contribution in [0.5, 0.6) is 0 Å². The van der Waals surface area contributed by atoms with Crippen molar-refractivity contribution in [2.24, 2.45) is 22.2 Å². The highest BCUT2D eigenvalue weighted by molar-refractivity contribution is 8.77. The fourth-order valence-electron chi connectivity index (χ4n) is 5.41. The number of nitrogens with zero attached hydrogens (tertiary/aromatic N) is 2. The number of ether oxygens (including phenoxy) is 2. The zero-order valence-corrected chi connectivity index (χ0v) is 30.5. The Bertz CT molecular complexity index is 631. The molecular formula is C32H64N2O2S4. The van der Waals surface area contributed by atoms with Crippen molar-refractivity contribution >= 4 is 43.2 Å². The van der Waals surface area contributed by atoms with E-state index in [1.54, 1.807) is 0 Å². The number of rotatable bonds is 20. The third-order valence-electron chi connectivity index (χ3n) is 8.32. The van der Waals surface area contributed by atoms with Gasteiger partial charge in [-0.15, -0.1) is 0 Å². The molecule has 0 spiro atoms. The van der Waals surface area contributed by atoms with Gasteiger partial charge in [0.2, 0.25) is 0 Å². The molecule has 2 unspecified atom stereocenters. The summed E-state index contributed by atoms with van der Waals surface area (Å²) in [6.45, 7) is 27.6. The molecule has 0 aromatic heterocycles. The van der Waals surface area contributed by atoms with Gasteiger partial charge in [-0.1, -0.05) is 91.6 Å². The monoisotopic (exact) mass is 636 g/mol. The Labute approximate surface area is 265 Å². The molecule has 0 radical (unpaired) electrons. The first-order valence-electron chi connectivity index (χ1n) is 16.0. The van der Waals surface area contributed by atoms with Crippen LogP contribution >= 0.6 is 43.2 Å². The summed E-state index contributed by atoms with van der Waals surface area (Å²) in [5, 5.41) is 0. The van der Waals surface area contributed by atoms with Crippen LogP contribution in [0.2, 0.25) is 0 Å². The SMILES string of the molecule is CC(C)(C)CCC(CCSSCCN1CCOCC1)CC(C)(CCSSCCN1CCOCC1)CCC(C)(C)C. The second kappa shape index (κ2) is 20.3. The maximum Gasteiger partial charge on any atom is 0.0594 e. The molecule has 0 bridgehead atoms. The van der Waals surface area contributed by atoms with E-state index in [2.05, 4.69) is 101 Å². The van der Waals surface area contributed by atoms with Crippen molar-refractivity contribution in [1.29, 1.82) is 0 Å². The normalized spacial score (nSPS) is 20.5. The van der Waals surface area contributed by atoms with Gasteiger partial charge in [0, 0.05) is 62.3 Å². The lowest BCUT2D eigenvalue weighted by Gasteiger charge is -2.36. The molecule has 2 aliphatic heterocycles. The van der Waals surface area contributed by atoms with Crippen LogP contribution < -0.4 is 0 Å². The molecule has 238 valence electrons. The summed E-state index contributed by atoms with van der Waals surface area (Å²) < 4.78 is 11.0. The third kappa shape index (κ3) is 19.5. The van der Waals surface area contributed by atoms with E-state index in [1.165, 1.54) is 81.0 Å². The van der Waals surface area contributed by atoms with E-state index in [0.717, 1.165) is 58.5 Å². The molecule has 0 N–H and O–H groups in total. The molecule has 2 fully saturated rings. The van der Waals surface area contributed by atoms with Crippen LogP contribution in [0.3, 0.4) is 0 Å². The lowest BCUT2D eigenvalue weighted by Crippen LogP contribution is -2.37. The summed E-state index contributed by atoms with van der Waals surface area (Å²) in [6, 6.07) is 0. The molecule has 40 heavy (non-hydrogen) atoms. The first-order chi connectivity index (χ1) is 18.9. The van der Waals surface area contributed by atoms with Crippen LogP contribution in [0.15, 0.2) is 0 Å². The fourth-order valence-corrected chi connectivity index (χ4v) is 9.95. The molecule has 2 rings (SSSR count). The van der Waals surface area contributed by atoms with Crippen LogP contribution in [0.25, 0.3) is 0 Å². The summed E-state index contributed by atoms with van der Waals surface area (Å²) >= 11 is 0. The minimum Gasteiger partial charge on any atom is -0.379 e. The van der Waals surface area contributed by atoms with Crippen molar-refractivity contribution < 1.29 is 9.47 Å². The van der Waals surface area contributed by atoms with Crippen LogP contribution in [-0.4, -0.2) is 98.5 Å². The fraction of sp³-hybridized carbons (Fsp3) is 1.00. The highest BCUT2D eigenvalue weighted by Crippen LogP contribution is 2.43. The van der Waals surface area contributed by atoms with Crippen molar-refractivity contribution in [2.75, 3.05) is 88.7 Å². The van der Waals surface area contributed by atoms with Gasteiger partial charge in [0.05, 0.1) is 26.4 Å². The van der Waals surface area contributed by atoms with E-state index in [9.17, 15) is 0 Å². The predicted molar refractivity (Wildman–Crippen MR) is 187 cm³/mol. The first-order valence-corrected chi connectivity index (χ1v) is 21.0. The standard InChI is InChI=1S/C32H64N2O2S4/c1-30(2,3)10-8-29(9-24-37-39-26-18-33-14-20-35-21-15-33)28-32(7,12-11-31(4,5)6)13-25-38-40-27-19-34-16-22-36-23-17-34/h29H,8-28H2,1-7H3. The Morgan fingerprint density at radius 2 is 1.02 bits per heavy atom. The van der Waals surface area contributed by atoms with E-state index in [1.807, 2.05) is 0 Å². The summed E-state index contributed by atoms with van der Waals surface area (Å²) in [7, 11) is 8.44. The van der Waals surface area contributed by atoms with Crippen molar-refractivity contribution in [3.8, 4) is 0 Å². The van der Waals surface area contributed by atoms with Crippen molar-refractivity contribution in [3.05, 3.63) is 0 Å². The first kappa shape index (κ1) is 37.4. The minimum absolute atomic E-state index is 0.412. The van der Waals surface area contributed by atoms with Gasteiger partial charge in [-0.05, 0) is 67.1 Å². The van der Waals surface area contributed by atoms with E-state index in [-0.39, 0.29) is 0 Å². The number of hydrogen-bond acceptors (Lipinski definition) is 8. The molecule has 0 aromatic carbocycles. The van der Waals surface area contributed by atoms with E-state index in [0.29, 0.717) is 16.2 Å². The Morgan fingerprint density at radius 3 is 1.52 bits per heavy atom. The average Bonchev–Trinajstić information content (AvgIpc) is 2.90. The molecule has 0 aliphatic carbocycles. The lowest BCUT2D eigenvalue weighted by atomic mass is 9.70. The zero-order valence-electron chi connectivity index (χ0n) is 27.3. The third-order valence-corrected chi connectivity index (χ3v) is 13.1. The smallest absolute Gasteiger partial charge is 0.0594 e. The highest BCUT2D eigenvalue weighted by Gasteiger charge is 2.30. The average molecular weight is 637 g/mol. The van der Waals surface area contributed by atoms with E-state index < -0.39 is 0 Å². The minimum atomic E-state index is 0.412. The Morgan fingerprint density at radius 1 is 0.550 bits per heavy atom. The quantitative estimate of drug-likeness (QED) is 0.0966. The molecule has 0 saturated carbocycles. The van der Waals surface area contributed by atoms with Gasteiger partial charge in [0.1, 0.15) is 0 Å². The van der Waals surface area contributed by atoms with Crippen molar-refractivity contribution in [3.63, 3.8) is 0 Å². The van der Waals surface area contributed by atoms with Crippen molar-refractivity contribution in [1.82, 2.24) is 9.80 Å². The zero-order chi connectivity index (χ0) is 29.3. The van der Waals surface area contributed by atoms with Crippen LogP contribution in [0.1, 0.15) is 93.4 Å². The van der Waals surface area contributed by atoms with Gasteiger partial charge in [0.25, 0.3) is 0 Å². The van der Waals surface area contributed by atoms with E-state index in [4.69, 9.17) is 9.47 Å². The highest BCUT2D eigenvalue weighted by atomic mass is 33.1. The topological polar surface area (TPSA) is 24.9 Å². The summed E-state index contributed by atoms with van der Waals surface area (Å²) in [6.07, 6.45) is 9.54. The maximum absolute atomic E-state index is 5.50. The molecule has 2 aliphatic rings.